The smallest absolute Gasteiger partial charge is 0.306 e. The molecule has 0 spiro atoms. The predicted octanol–water partition coefficient (Wildman–Crippen LogP) is 13.3. The molecule has 0 aromatic carbocycles. The van der Waals surface area contributed by atoms with Gasteiger partial charge in [0, 0.05) is 19.3 Å². The molecule has 0 amide bonds. The lowest BCUT2D eigenvalue weighted by molar-refractivity contribution is -0.167. The molecule has 49 heavy (non-hydrogen) atoms. The Morgan fingerprint density at radius 3 is 0.816 bits per heavy atom. The molecule has 0 unspecified atom stereocenters. The Bertz CT molecular complexity index is 723. The molecule has 0 N–H and O–H groups in total. The third-order valence-corrected chi connectivity index (χ3v) is 9.61. The number of hydrogen-bond acceptors (Lipinski definition) is 6. The SMILES string of the molecule is CCCCCCCCCCCCCCC(=O)O[C@H](COC(=O)CCCCCCCCCCC)COC(=O)CCCCCCCCCCCC. The molecule has 0 rings (SSSR count). The molecule has 0 saturated carbocycles. The molecule has 0 fully saturated rings. The average Bonchev–Trinajstić information content (AvgIpc) is 3.10. The van der Waals surface area contributed by atoms with Gasteiger partial charge >= 0.3 is 17.9 Å². The van der Waals surface area contributed by atoms with Gasteiger partial charge in [-0.1, -0.05) is 201 Å². The van der Waals surface area contributed by atoms with Gasteiger partial charge in [-0.2, -0.15) is 0 Å². The summed E-state index contributed by atoms with van der Waals surface area (Å²) in [6, 6.07) is 0. The molecule has 0 bridgehead atoms. The summed E-state index contributed by atoms with van der Waals surface area (Å²) in [7, 11) is 0. The molecule has 0 aliphatic heterocycles. The molecule has 0 aliphatic rings. The predicted molar refractivity (Wildman–Crippen MR) is 206 cm³/mol. The molecular formula is C43H82O6. The Kier molecular flexibility index (Phi) is 37.9. The molecular weight excluding hydrogens is 612 g/mol. The number of ether oxygens (including phenoxy) is 3. The summed E-state index contributed by atoms with van der Waals surface area (Å²) in [5, 5.41) is 0. The highest BCUT2D eigenvalue weighted by atomic mass is 16.6. The fraction of sp³-hybridized carbons (Fsp3) is 0.930. The van der Waals surface area contributed by atoms with Crippen LogP contribution in [0.2, 0.25) is 0 Å². The number of unbranched alkanes of at least 4 members (excludes halogenated alkanes) is 28. The van der Waals surface area contributed by atoms with Crippen molar-refractivity contribution in [3.8, 4) is 0 Å². The second-order valence-electron chi connectivity index (χ2n) is 14.6. The maximum atomic E-state index is 12.6. The van der Waals surface area contributed by atoms with Crippen LogP contribution in [0.4, 0.5) is 0 Å². The first-order valence-electron chi connectivity index (χ1n) is 21.5. The quantitative estimate of drug-likeness (QED) is 0.0362. The van der Waals surface area contributed by atoms with Crippen LogP contribution in [0.3, 0.4) is 0 Å². The van der Waals surface area contributed by atoms with E-state index >= 15 is 0 Å². The van der Waals surface area contributed by atoms with Gasteiger partial charge in [-0.05, 0) is 19.3 Å². The second kappa shape index (κ2) is 39.2. The molecule has 1 atom stereocenters. The Hall–Kier alpha value is -1.59. The van der Waals surface area contributed by atoms with Gasteiger partial charge < -0.3 is 14.2 Å². The topological polar surface area (TPSA) is 78.9 Å². The summed E-state index contributed by atoms with van der Waals surface area (Å²) < 4.78 is 16.6. The van der Waals surface area contributed by atoms with Crippen LogP contribution < -0.4 is 0 Å². The third kappa shape index (κ3) is 37.5. The lowest BCUT2D eigenvalue weighted by Crippen LogP contribution is -2.30. The van der Waals surface area contributed by atoms with Crippen LogP contribution in [0, 0.1) is 0 Å². The molecule has 0 aromatic rings. The zero-order valence-corrected chi connectivity index (χ0v) is 33.0. The van der Waals surface area contributed by atoms with Gasteiger partial charge in [-0.3, -0.25) is 14.4 Å². The van der Waals surface area contributed by atoms with Gasteiger partial charge in [0.15, 0.2) is 6.10 Å². The molecule has 290 valence electrons. The number of carbonyl (C=O) groups is 3. The normalized spacial score (nSPS) is 11.8. The van der Waals surface area contributed by atoms with E-state index in [2.05, 4.69) is 20.8 Å². The van der Waals surface area contributed by atoms with Crippen molar-refractivity contribution in [3.05, 3.63) is 0 Å². The van der Waals surface area contributed by atoms with Gasteiger partial charge in [-0.25, -0.2) is 0 Å². The summed E-state index contributed by atoms with van der Waals surface area (Å²) in [6.45, 7) is 6.61. The number of esters is 3. The minimum absolute atomic E-state index is 0.0634. The van der Waals surface area contributed by atoms with E-state index in [0.717, 1.165) is 57.8 Å². The molecule has 0 saturated heterocycles. The van der Waals surface area contributed by atoms with Crippen molar-refractivity contribution >= 4 is 17.9 Å². The fourth-order valence-electron chi connectivity index (χ4n) is 6.32. The van der Waals surface area contributed by atoms with Crippen LogP contribution >= 0.6 is 0 Å². The second-order valence-corrected chi connectivity index (χ2v) is 14.6. The van der Waals surface area contributed by atoms with E-state index in [9.17, 15) is 14.4 Å². The van der Waals surface area contributed by atoms with Crippen molar-refractivity contribution in [1.29, 1.82) is 0 Å². The largest absolute Gasteiger partial charge is 0.462 e. The van der Waals surface area contributed by atoms with Gasteiger partial charge in [0.05, 0.1) is 0 Å². The minimum atomic E-state index is -0.756. The van der Waals surface area contributed by atoms with E-state index < -0.39 is 6.10 Å². The van der Waals surface area contributed by atoms with Crippen molar-refractivity contribution in [2.24, 2.45) is 0 Å². The van der Waals surface area contributed by atoms with Crippen molar-refractivity contribution in [2.75, 3.05) is 13.2 Å². The van der Waals surface area contributed by atoms with E-state index in [1.165, 1.54) is 141 Å². The van der Waals surface area contributed by atoms with Crippen molar-refractivity contribution in [3.63, 3.8) is 0 Å². The lowest BCUT2D eigenvalue weighted by Gasteiger charge is -2.18. The molecule has 0 aromatic heterocycles. The van der Waals surface area contributed by atoms with Crippen LogP contribution in [0.25, 0.3) is 0 Å². The first-order valence-corrected chi connectivity index (χ1v) is 21.5. The molecule has 0 aliphatic carbocycles. The molecule has 0 radical (unpaired) electrons. The fourth-order valence-corrected chi connectivity index (χ4v) is 6.32. The minimum Gasteiger partial charge on any atom is -0.462 e. The van der Waals surface area contributed by atoms with E-state index in [-0.39, 0.29) is 31.1 Å². The van der Waals surface area contributed by atoms with E-state index in [1.54, 1.807) is 0 Å². The monoisotopic (exact) mass is 695 g/mol. The zero-order valence-electron chi connectivity index (χ0n) is 33.0. The van der Waals surface area contributed by atoms with E-state index in [4.69, 9.17) is 14.2 Å². The Balaban J connectivity index is 4.33. The third-order valence-electron chi connectivity index (χ3n) is 9.61. The van der Waals surface area contributed by atoms with E-state index in [0.29, 0.717) is 19.3 Å². The molecule has 6 heteroatoms. The highest BCUT2D eigenvalue weighted by Crippen LogP contribution is 2.15. The van der Waals surface area contributed by atoms with Crippen molar-refractivity contribution < 1.29 is 28.6 Å². The van der Waals surface area contributed by atoms with Crippen LogP contribution in [0.15, 0.2) is 0 Å². The first kappa shape index (κ1) is 47.4. The maximum absolute atomic E-state index is 12.6. The summed E-state index contributed by atoms with van der Waals surface area (Å²) in [5.41, 5.74) is 0. The highest BCUT2D eigenvalue weighted by Gasteiger charge is 2.19. The summed E-state index contributed by atoms with van der Waals surface area (Å²) in [4.78, 5) is 37.5. The van der Waals surface area contributed by atoms with Gasteiger partial charge in [-0.15, -0.1) is 0 Å². The lowest BCUT2D eigenvalue weighted by atomic mass is 10.0. The van der Waals surface area contributed by atoms with Crippen LogP contribution in [-0.4, -0.2) is 37.2 Å². The van der Waals surface area contributed by atoms with E-state index in [1.807, 2.05) is 0 Å². The van der Waals surface area contributed by atoms with Crippen LogP contribution in [0.1, 0.15) is 239 Å². The summed E-state index contributed by atoms with van der Waals surface area (Å²) in [5.74, 6) is -0.859. The van der Waals surface area contributed by atoms with Crippen LogP contribution in [0.5, 0.6) is 0 Å². The van der Waals surface area contributed by atoms with Crippen LogP contribution in [-0.2, 0) is 28.6 Å². The van der Waals surface area contributed by atoms with Gasteiger partial charge in [0.25, 0.3) is 0 Å². The zero-order chi connectivity index (χ0) is 35.9. The number of hydrogen-bond donors (Lipinski definition) is 0. The first-order chi connectivity index (χ1) is 24.0. The molecule has 6 nitrogen and oxygen atoms in total. The number of carbonyl (C=O) groups excluding carboxylic acids is 3. The summed E-state index contributed by atoms with van der Waals surface area (Å²) in [6.07, 6.45) is 37.9. The average molecular weight is 695 g/mol. The highest BCUT2D eigenvalue weighted by molar-refractivity contribution is 5.71. The van der Waals surface area contributed by atoms with Crippen molar-refractivity contribution in [1.82, 2.24) is 0 Å². The van der Waals surface area contributed by atoms with Gasteiger partial charge in [0.2, 0.25) is 0 Å². The molecule has 0 heterocycles. The standard InChI is InChI=1S/C43H82O6/c1-4-7-10-13-16-19-21-22-25-28-31-34-37-43(46)49-40(38-47-41(44)35-32-29-26-23-18-15-12-9-6-3)39-48-42(45)36-33-30-27-24-20-17-14-11-8-5-2/h40H,4-39H2,1-3H3/t40-/m1/s1. The van der Waals surface area contributed by atoms with Gasteiger partial charge in [0.1, 0.15) is 13.2 Å². The number of rotatable bonds is 39. The summed E-state index contributed by atoms with van der Waals surface area (Å²) >= 11 is 0. The Morgan fingerprint density at radius 1 is 0.327 bits per heavy atom. The van der Waals surface area contributed by atoms with Crippen molar-refractivity contribution in [2.45, 2.75) is 245 Å². The Morgan fingerprint density at radius 2 is 0.551 bits per heavy atom. The Labute approximate surface area is 304 Å². The maximum Gasteiger partial charge on any atom is 0.306 e.